The summed E-state index contributed by atoms with van der Waals surface area (Å²) < 4.78 is 0. The molecule has 0 heterocycles. The van der Waals surface area contributed by atoms with E-state index in [4.69, 9.17) is 17.0 Å². The molecule has 7 nitrogen and oxygen atoms in total. The van der Waals surface area contributed by atoms with Gasteiger partial charge in [-0.25, -0.2) is 0 Å². The van der Waals surface area contributed by atoms with Crippen molar-refractivity contribution >= 4 is 36.1 Å². The predicted molar refractivity (Wildman–Crippen MR) is 90.5 cm³/mol. The fourth-order valence-electron chi connectivity index (χ4n) is 1.89. The highest BCUT2D eigenvalue weighted by Gasteiger charge is 2.28. The standard InChI is InChI=1S/C15H15ClN4O3/c1-4-5-10(9-18-2)19(3)15(21)14-11(8-17)12(16)6-7-13(14)20(22)23/h4-9,17H,2H2,1,3H3/b5-4-,10-9+,17-8?. The number of carbonyl (C=O) groups is 1. The van der Waals surface area contributed by atoms with Crippen molar-refractivity contribution in [2.45, 2.75) is 6.92 Å². The van der Waals surface area contributed by atoms with Crippen molar-refractivity contribution in [3.8, 4) is 0 Å². The summed E-state index contributed by atoms with van der Waals surface area (Å²) in [4.78, 5) is 28.0. The van der Waals surface area contributed by atoms with Crippen molar-refractivity contribution in [1.82, 2.24) is 4.90 Å². The highest BCUT2D eigenvalue weighted by molar-refractivity contribution is 6.34. The maximum Gasteiger partial charge on any atom is 0.282 e. The molecule has 0 aliphatic heterocycles. The minimum atomic E-state index is -0.685. The topological polar surface area (TPSA) is 99.7 Å². The normalized spacial score (nSPS) is 11.3. The van der Waals surface area contributed by atoms with Crippen LogP contribution in [0.2, 0.25) is 5.02 Å². The van der Waals surface area contributed by atoms with E-state index >= 15 is 0 Å². The first kappa shape index (κ1) is 18.2. The van der Waals surface area contributed by atoms with Crippen molar-refractivity contribution in [3.05, 3.63) is 62.4 Å². The van der Waals surface area contributed by atoms with Crippen LogP contribution in [0.3, 0.4) is 0 Å². The molecule has 1 aromatic carbocycles. The summed E-state index contributed by atoms with van der Waals surface area (Å²) in [5.41, 5.74) is -0.294. The Morgan fingerprint density at radius 1 is 1.52 bits per heavy atom. The second-order valence-corrected chi connectivity index (χ2v) is 4.76. The summed E-state index contributed by atoms with van der Waals surface area (Å²) in [6, 6.07) is 2.42. The third-order valence-corrected chi connectivity index (χ3v) is 3.31. The third-order valence-electron chi connectivity index (χ3n) is 2.98. The zero-order valence-corrected chi connectivity index (χ0v) is 13.4. The molecule has 0 saturated heterocycles. The number of likely N-dealkylation sites (N-methyl/N-ethyl adjacent to an activating group) is 1. The van der Waals surface area contributed by atoms with E-state index in [1.807, 2.05) is 0 Å². The number of allylic oxidation sites excluding steroid dienone is 2. The molecule has 0 radical (unpaired) electrons. The molecule has 0 unspecified atom stereocenters. The van der Waals surface area contributed by atoms with E-state index in [-0.39, 0.29) is 16.1 Å². The Morgan fingerprint density at radius 3 is 2.65 bits per heavy atom. The van der Waals surface area contributed by atoms with Gasteiger partial charge in [-0.05, 0) is 25.8 Å². The monoisotopic (exact) mass is 334 g/mol. The van der Waals surface area contributed by atoms with E-state index in [1.54, 1.807) is 19.1 Å². The van der Waals surface area contributed by atoms with Crippen LogP contribution >= 0.6 is 11.6 Å². The molecule has 8 heteroatoms. The fraction of sp³-hybridized carbons (Fsp3) is 0.133. The summed E-state index contributed by atoms with van der Waals surface area (Å²) in [7, 11) is 1.44. The van der Waals surface area contributed by atoms with Gasteiger partial charge in [0.05, 0.1) is 15.6 Å². The Morgan fingerprint density at radius 2 is 2.17 bits per heavy atom. The molecule has 0 aromatic heterocycles. The molecule has 0 bridgehead atoms. The van der Waals surface area contributed by atoms with Crippen LogP contribution in [0.25, 0.3) is 0 Å². The van der Waals surface area contributed by atoms with Gasteiger partial charge in [-0.1, -0.05) is 17.7 Å². The van der Waals surface area contributed by atoms with Gasteiger partial charge < -0.3 is 10.3 Å². The molecule has 0 saturated carbocycles. The minimum Gasteiger partial charge on any atom is -0.310 e. The van der Waals surface area contributed by atoms with Crippen molar-refractivity contribution in [3.63, 3.8) is 0 Å². The largest absolute Gasteiger partial charge is 0.310 e. The number of nitro groups is 1. The maximum absolute atomic E-state index is 12.7. The predicted octanol–water partition coefficient (Wildman–Crippen LogP) is 3.44. The van der Waals surface area contributed by atoms with Crippen LogP contribution in [0.4, 0.5) is 5.69 Å². The number of aliphatic imine (C=N–C) groups is 1. The molecule has 0 fully saturated rings. The molecule has 1 rings (SSSR count). The third kappa shape index (κ3) is 3.89. The lowest BCUT2D eigenvalue weighted by molar-refractivity contribution is -0.385. The van der Waals surface area contributed by atoms with E-state index in [9.17, 15) is 14.9 Å². The van der Waals surface area contributed by atoms with Gasteiger partial charge in [-0.2, -0.15) is 0 Å². The summed E-state index contributed by atoms with van der Waals surface area (Å²) in [5, 5.41) is 18.7. The first-order valence-corrected chi connectivity index (χ1v) is 6.80. The van der Waals surface area contributed by atoms with Gasteiger partial charge in [-0.3, -0.25) is 19.9 Å². The summed E-state index contributed by atoms with van der Waals surface area (Å²) in [6.07, 6.45) is 5.46. The molecule has 1 amide bonds. The van der Waals surface area contributed by atoms with Gasteiger partial charge in [-0.15, -0.1) is 0 Å². The SMILES string of the molecule is C=N/C=C(\C=C/C)N(C)C(=O)c1c([N+](=O)[O-])ccc(Cl)c1C=N. The van der Waals surface area contributed by atoms with Crippen LogP contribution < -0.4 is 0 Å². The zero-order valence-electron chi connectivity index (χ0n) is 12.6. The Labute approximate surface area is 138 Å². The molecule has 1 aromatic rings. The molecule has 120 valence electrons. The average molecular weight is 335 g/mol. The van der Waals surface area contributed by atoms with Gasteiger partial charge in [0, 0.05) is 31.1 Å². The zero-order chi connectivity index (χ0) is 17.6. The summed E-state index contributed by atoms with van der Waals surface area (Å²) in [5.74, 6) is -0.675. The Hall–Kier alpha value is -2.80. The van der Waals surface area contributed by atoms with Crippen molar-refractivity contribution in [1.29, 1.82) is 5.41 Å². The molecule has 23 heavy (non-hydrogen) atoms. The summed E-state index contributed by atoms with van der Waals surface area (Å²) >= 11 is 5.96. The van der Waals surface area contributed by atoms with Crippen LogP contribution in [-0.4, -0.2) is 35.7 Å². The second-order valence-electron chi connectivity index (χ2n) is 4.36. The van der Waals surface area contributed by atoms with Gasteiger partial charge in [0.2, 0.25) is 0 Å². The Balaban J connectivity index is 3.55. The molecule has 0 aliphatic carbocycles. The highest BCUT2D eigenvalue weighted by atomic mass is 35.5. The Kier molecular flexibility index (Phi) is 6.35. The number of amides is 1. The number of rotatable bonds is 6. The molecule has 0 aliphatic rings. The van der Waals surface area contributed by atoms with Gasteiger partial charge in [0.15, 0.2) is 0 Å². The van der Waals surface area contributed by atoms with E-state index in [1.165, 1.54) is 24.2 Å². The van der Waals surface area contributed by atoms with E-state index < -0.39 is 16.5 Å². The van der Waals surface area contributed by atoms with Gasteiger partial charge >= 0.3 is 0 Å². The average Bonchev–Trinajstić information content (AvgIpc) is 2.52. The molecule has 0 spiro atoms. The van der Waals surface area contributed by atoms with Crippen LogP contribution in [0.1, 0.15) is 22.8 Å². The van der Waals surface area contributed by atoms with Gasteiger partial charge in [0.25, 0.3) is 11.6 Å². The molecular formula is C15H15ClN4O3. The van der Waals surface area contributed by atoms with Gasteiger partial charge in [0.1, 0.15) is 5.56 Å². The number of nitro benzene ring substituents is 1. The number of benzene rings is 1. The molecule has 1 N–H and O–H groups in total. The smallest absolute Gasteiger partial charge is 0.282 e. The number of halogens is 1. The molecular weight excluding hydrogens is 320 g/mol. The number of nitrogens with zero attached hydrogens (tertiary/aromatic N) is 3. The highest BCUT2D eigenvalue weighted by Crippen LogP contribution is 2.29. The number of hydrogen-bond acceptors (Lipinski definition) is 5. The minimum absolute atomic E-state index is 0.0101. The quantitative estimate of drug-likeness (QED) is 0.373. The lowest BCUT2D eigenvalue weighted by atomic mass is 10.0. The number of hydrogen-bond donors (Lipinski definition) is 1. The van der Waals surface area contributed by atoms with Crippen LogP contribution in [0.5, 0.6) is 0 Å². The summed E-state index contributed by atoms with van der Waals surface area (Å²) in [6.45, 7) is 5.08. The van der Waals surface area contributed by atoms with Crippen LogP contribution in [0.15, 0.2) is 41.2 Å². The fourth-order valence-corrected chi connectivity index (χ4v) is 2.10. The lowest BCUT2D eigenvalue weighted by Crippen LogP contribution is -2.27. The maximum atomic E-state index is 12.7. The van der Waals surface area contributed by atoms with Crippen molar-refractivity contribution < 1.29 is 9.72 Å². The number of nitrogens with one attached hydrogen (secondary N) is 1. The second kappa shape index (κ2) is 8.00. The molecule has 0 atom stereocenters. The Bertz CT molecular complexity index is 726. The van der Waals surface area contributed by atoms with Crippen LogP contribution in [-0.2, 0) is 0 Å². The van der Waals surface area contributed by atoms with Crippen molar-refractivity contribution in [2.75, 3.05) is 7.05 Å². The van der Waals surface area contributed by atoms with E-state index in [2.05, 4.69) is 11.7 Å². The first-order valence-electron chi connectivity index (χ1n) is 6.43. The lowest BCUT2D eigenvalue weighted by Gasteiger charge is -2.19. The van der Waals surface area contributed by atoms with E-state index in [0.717, 1.165) is 12.3 Å². The number of carbonyl (C=O) groups excluding carboxylic acids is 1. The van der Waals surface area contributed by atoms with Crippen LogP contribution in [0, 0.1) is 15.5 Å². The van der Waals surface area contributed by atoms with E-state index in [0.29, 0.717) is 5.70 Å². The van der Waals surface area contributed by atoms with Crippen molar-refractivity contribution in [2.24, 2.45) is 4.99 Å². The first-order chi connectivity index (χ1) is 10.9.